The third kappa shape index (κ3) is 2.67. The molecule has 2 aliphatic carbocycles. The van der Waals surface area contributed by atoms with Crippen molar-refractivity contribution in [1.82, 2.24) is 10.2 Å². The fraction of sp³-hybridized carbons (Fsp3) is 0.857. The van der Waals surface area contributed by atoms with Crippen LogP contribution in [-0.4, -0.2) is 37.6 Å². The second-order valence-electron chi connectivity index (χ2n) is 5.75. The minimum atomic E-state index is 0.477. The Balaban J connectivity index is 1.68. The minimum absolute atomic E-state index is 0.477. The van der Waals surface area contributed by atoms with Crippen molar-refractivity contribution in [3.63, 3.8) is 0 Å². The van der Waals surface area contributed by atoms with Crippen molar-refractivity contribution in [2.24, 2.45) is 5.92 Å². The molecule has 92 valence electrons. The molecular formula is C14H26N2. The van der Waals surface area contributed by atoms with Gasteiger partial charge in [0.05, 0.1) is 0 Å². The van der Waals surface area contributed by atoms with Gasteiger partial charge in [-0.2, -0.15) is 0 Å². The van der Waals surface area contributed by atoms with E-state index in [1.54, 1.807) is 0 Å². The Labute approximate surface area is 100 Å². The van der Waals surface area contributed by atoms with Gasteiger partial charge >= 0.3 is 0 Å². The molecule has 0 aromatic rings. The van der Waals surface area contributed by atoms with E-state index in [0.717, 1.165) is 5.92 Å². The molecule has 0 aliphatic heterocycles. The van der Waals surface area contributed by atoms with Gasteiger partial charge in [-0.15, -0.1) is 0 Å². The predicted octanol–water partition coefficient (Wildman–Crippen LogP) is 2.42. The highest BCUT2D eigenvalue weighted by molar-refractivity contribution is 4.98. The van der Waals surface area contributed by atoms with Gasteiger partial charge in [0.25, 0.3) is 0 Å². The average molecular weight is 222 g/mol. The fourth-order valence-electron chi connectivity index (χ4n) is 2.92. The Kier molecular flexibility index (Phi) is 4.04. The van der Waals surface area contributed by atoms with E-state index in [-0.39, 0.29) is 0 Å². The summed E-state index contributed by atoms with van der Waals surface area (Å²) < 4.78 is 0. The third-order valence-corrected chi connectivity index (χ3v) is 4.50. The van der Waals surface area contributed by atoms with Gasteiger partial charge in [-0.25, -0.2) is 0 Å². The molecule has 0 amide bonds. The standard InChI is InChI=1S/C14H26N2/c1-16(2)14(9-6-10-14)12-15-11-13-7-4-3-5-8-13/h3-4,13,15H,5-12H2,1-2H3. The molecule has 0 bridgehead atoms. The molecule has 1 atom stereocenters. The SMILES string of the molecule is CN(C)C1(CNCC2CC=CCC2)CCC1. The Bertz CT molecular complexity index is 241. The highest BCUT2D eigenvalue weighted by atomic mass is 15.2. The molecule has 1 saturated carbocycles. The highest BCUT2D eigenvalue weighted by Crippen LogP contribution is 2.35. The van der Waals surface area contributed by atoms with Crippen LogP contribution in [0.2, 0.25) is 0 Å². The normalized spacial score (nSPS) is 28.1. The van der Waals surface area contributed by atoms with Gasteiger partial charge in [-0.1, -0.05) is 12.2 Å². The van der Waals surface area contributed by atoms with Gasteiger partial charge in [-0.3, -0.25) is 0 Å². The van der Waals surface area contributed by atoms with E-state index in [0.29, 0.717) is 5.54 Å². The van der Waals surface area contributed by atoms with Crippen LogP contribution in [0, 0.1) is 5.92 Å². The summed E-state index contributed by atoms with van der Waals surface area (Å²) in [5, 5.41) is 3.70. The smallest absolute Gasteiger partial charge is 0.0327 e. The lowest BCUT2D eigenvalue weighted by Crippen LogP contribution is -2.56. The average Bonchev–Trinajstić information content (AvgIpc) is 2.23. The molecule has 16 heavy (non-hydrogen) atoms. The molecule has 0 aromatic heterocycles. The Hall–Kier alpha value is -0.340. The van der Waals surface area contributed by atoms with Crippen LogP contribution in [0.1, 0.15) is 38.5 Å². The Morgan fingerprint density at radius 2 is 2.12 bits per heavy atom. The molecule has 1 N–H and O–H groups in total. The van der Waals surface area contributed by atoms with Crippen molar-refractivity contribution in [3.05, 3.63) is 12.2 Å². The lowest BCUT2D eigenvalue weighted by atomic mass is 9.75. The molecule has 0 radical (unpaired) electrons. The summed E-state index contributed by atoms with van der Waals surface area (Å²) in [5.41, 5.74) is 0.477. The number of hydrogen-bond acceptors (Lipinski definition) is 2. The van der Waals surface area contributed by atoms with Crippen molar-refractivity contribution in [3.8, 4) is 0 Å². The molecule has 2 aliphatic rings. The first-order valence-corrected chi connectivity index (χ1v) is 6.76. The van der Waals surface area contributed by atoms with E-state index < -0.39 is 0 Å². The maximum atomic E-state index is 3.70. The maximum absolute atomic E-state index is 3.70. The first-order chi connectivity index (χ1) is 7.73. The molecule has 1 unspecified atom stereocenters. The molecular weight excluding hydrogens is 196 g/mol. The molecule has 1 fully saturated rings. The summed E-state index contributed by atoms with van der Waals surface area (Å²) in [6, 6.07) is 0. The molecule has 0 saturated heterocycles. The zero-order chi connectivity index (χ0) is 11.4. The van der Waals surface area contributed by atoms with Gasteiger partial charge in [0, 0.05) is 12.1 Å². The van der Waals surface area contributed by atoms with E-state index in [9.17, 15) is 0 Å². The van der Waals surface area contributed by atoms with Crippen LogP contribution in [0.5, 0.6) is 0 Å². The summed E-state index contributed by atoms with van der Waals surface area (Å²) >= 11 is 0. The molecule has 2 heteroatoms. The minimum Gasteiger partial charge on any atom is -0.315 e. The van der Waals surface area contributed by atoms with Crippen molar-refractivity contribution in [2.75, 3.05) is 27.2 Å². The molecule has 0 aromatic carbocycles. The first-order valence-electron chi connectivity index (χ1n) is 6.76. The van der Waals surface area contributed by atoms with Crippen molar-refractivity contribution >= 4 is 0 Å². The van der Waals surface area contributed by atoms with E-state index in [2.05, 4.69) is 36.5 Å². The van der Waals surface area contributed by atoms with Crippen LogP contribution in [0.25, 0.3) is 0 Å². The zero-order valence-electron chi connectivity index (χ0n) is 10.8. The summed E-state index contributed by atoms with van der Waals surface area (Å²) in [4.78, 5) is 2.42. The highest BCUT2D eigenvalue weighted by Gasteiger charge is 2.38. The van der Waals surface area contributed by atoms with Gasteiger partial charge in [0.15, 0.2) is 0 Å². The Morgan fingerprint density at radius 3 is 2.62 bits per heavy atom. The molecule has 0 heterocycles. The molecule has 2 rings (SSSR count). The van der Waals surface area contributed by atoms with Crippen LogP contribution < -0.4 is 5.32 Å². The number of nitrogens with one attached hydrogen (secondary N) is 1. The molecule has 2 nitrogen and oxygen atoms in total. The van der Waals surface area contributed by atoms with Crippen molar-refractivity contribution < 1.29 is 0 Å². The van der Waals surface area contributed by atoms with Gasteiger partial charge in [0.2, 0.25) is 0 Å². The predicted molar refractivity (Wildman–Crippen MR) is 69.6 cm³/mol. The first kappa shape index (κ1) is 12.1. The van der Waals surface area contributed by atoms with Crippen LogP contribution in [-0.2, 0) is 0 Å². The van der Waals surface area contributed by atoms with Gasteiger partial charge in [0.1, 0.15) is 0 Å². The van der Waals surface area contributed by atoms with Crippen LogP contribution in [0.3, 0.4) is 0 Å². The van der Waals surface area contributed by atoms with Gasteiger partial charge in [-0.05, 0) is 65.1 Å². The second-order valence-corrected chi connectivity index (χ2v) is 5.75. The molecule has 0 spiro atoms. The van der Waals surface area contributed by atoms with Crippen LogP contribution in [0.4, 0.5) is 0 Å². The topological polar surface area (TPSA) is 15.3 Å². The number of hydrogen-bond donors (Lipinski definition) is 1. The monoisotopic (exact) mass is 222 g/mol. The zero-order valence-corrected chi connectivity index (χ0v) is 10.8. The third-order valence-electron chi connectivity index (χ3n) is 4.50. The fourth-order valence-corrected chi connectivity index (χ4v) is 2.92. The lowest BCUT2D eigenvalue weighted by Gasteiger charge is -2.47. The Morgan fingerprint density at radius 1 is 1.31 bits per heavy atom. The van der Waals surface area contributed by atoms with E-state index >= 15 is 0 Å². The number of likely N-dealkylation sites (N-methyl/N-ethyl adjacent to an activating group) is 1. The van der Waals surface area contributed by atoms with Crippen molar-refractivity contribution in [2.45, 2.75) is 44.1 Å². The lowest BCUT2D eigenvalue weighted by molar-refractivity contribution is 0.0591. The number of nitrogens with zero attached hydrogens (tertiary/aromatic N) is 1. The summed E-state index contributed by atoms with van der Waals surface area (Å²) in [5.74, 6) is 0.879. The van der Waals surface area contributed by atoms with E-state index in [1.165, 1.54) is 51.6 Å². The van der Waals surface area contributed by atoms with Crippen LogP contribution in [0.15, 0.2) is 12.2 Å². The number of allylic oxidation sites excluding steroid dienone is 2. The quantitative estimate of drug-likeness (QED) is 0.719. The van der Waals surface area contributed by atoms with E-state index in [4.69, 9.17) is 0 Å². The maximum Gasteiger partial charge on any atom is 0.0327 e. The summed E-state index contributed by atoms with van der Waals surface area (Å²) in [6.07, 6.45) is 12.8. The van der Waals surface area contributed by atoms with Gasteiger partial charge < -0.3 is 10.2 Å². The summed E-state index contributed by atoms with van der Waals surface area (Å²) in [6.45, 7) is 2.39. The second kappa shape index (κ2) is 5.33. The van der Waals surface area contributed by atoms with E-state index in [1.807, 2.05) is 0 Å². The number of rotatable bonds is 5. The van der Waals surface area contributed by atoms with Crippen molar-refractivity contribution in [1.29, 1.82) is 0 Å². The van der Waals surface area contributed by atoms with Crippen LogP contribution >= 0.6 is 0 Å². The largest absolute Gasteiger partial charge is 0.315 e. The summed E-state index contributed by atoms with van der Waals surface area (Å²) in [7, 11) is 4.45.